The number of hydrogen-bond acceptors (Lipinski definition) is 5. The monoisotopic (exact) mass is 339 g/mol. The number of ether oxygens (including phenoxy) is 1. The average molecular weight is 340 g/mol. The number of aryl methyl sites for hydroxylation is 1. The Hall–Kier alpha value is -1.79. The normalized spacial score (nSPS) is 17.7. The third-order valence-corrected chi connectivity index (χ3v) is 4.61. The lowest BCUT2D eigenvalue weighted by Crippen LogP contribution is -2.30. The fourth-order valence-electron chi connectivity index (χ4n) is 2.43. The second-order valence-corrected chi connectivity index (χ2v) is 6.82. The molecule has 2 aromatic heterocycles. The summed E-state index contributed by atoms with van der Waals surface area (Å²) in [7, 11) is 0. The molecule has 116 valence electrons. The van der Waals surface area contributed by atoms with Gasteiger partial charge in [0.1, 0.15) is 17.6 Å². The molecule has 0 N–H and O–H groups in total. The molecule has 3 heterocycles. The van der Waals surface area contributed by atoms with Crippen LogP contribution in [-0.4, -0.2) is 30.0 Å². The van der Waals surface area contributed by atoms with E-state index in [2.05, 4.69) is 0 Å². The van der Waals surface area contributed by atoms with E-state index in [-0.39, 0.29) is 12.0 Å². The molecule has 7 heteroatoms. The van der Waals surface area contributed by atoms with E-state index < -0.39 is 5.63 Å². The second-order valence-electron chi connectivity index (χ2n) is 5.11. The van der Waals surface area contributed by atoms with Gasteiger partial charge in [-0.3, -0.25) is 4.79 Å². The minimum atomic E-state index is -0.436. The quantitative estimate of drug-likeness (QED) is 0.862. The van der Waals surface area contributed by atoms with Gasteiger partial charge in [-0.05, 0) is 19.1 Å². The van der Waals surface area contributed by atoms with Crippen LogP contribution in [0.2, 0.25) is 4.34 Å². The minimum absolute atomic E-state index is 0.0354. The summed E-state index contributed by atoms with van der Waals surface area (Å²) in [6, 6.07) is 6.44. The fourth-order valence-corrected chi connectivity index (χ4v) is 3.44. The van der Waals surface area contributed by atoms with Crippen LogP contribution in [0.3, 0.4) is 0 Å². The number of nitrogens with zero attached hydrogens (tertiary/aromatic N) is 1. The number of hydrogen-bond donors (Lipinski definition) is 0. The zero-order valence-corrected chi connectivity index (χ0v) is 13.4. The Balaban J connectivity index is 1.65. The molecule has 0 radical (unpaired) electrons. The highest BCUT2D eigenvalue weighted by Crippen LogP contribution is 2.25. The first-order valence-corrected chi connectivity index (χ1v) is 8.04. The van der Waals surface area contributed by atoms with Crippen LogP contribution >= 0.6 is 22.9 Å². The van der Waals surface area contributed by atoms with Gasteiger partial charge in [0.05, 0.1) is 21.8 Å². The van der Waals surface area contributed by atoms with Crippen molar-refractivity contribution in [1.82, 2.24) is 4.90 Å². The number of carbonyl (C=O) groups excluding carboxylic acids is 1. The second kappa shape index (κ2) is 6.14. The predicted octanol–water partition coefficient (Wildman–Crippen LogP) is 2.96. The number of rotatable bonds is 3. The van der Waals surface area contributed by atoms with E-state index in [1.165, 1.54) is 17.4 Å². The smallest absolute Gasteiger partial charge is 0.339 e. The van der Waals surface area contributed by atoms with Gasteiger partial charge in [-0.15, -0.1) is 11.3 Å². The van der Waals surface area contributed by atoms with Gasteiger partial charge in [-0.25, -0.2) is 4.79 Å². The first-order valence-electron chi connectivity index (χ1n) is 6.84. The van der Waals surface area contributed by atoms with Crippen LogP contribution in [0.25, 0.3) is 0 Å². The van der Waals surface area contributed by atoms with Crippen molar-refractivity contribution >= 4 is 28.8 Å². The Morgan fingerprint density at radius 1 is 1.45 bits per heavy atom. The van der Waals surface area contributed by atoms with E-state index in [4.69, 9.17) is 20.8 Å². The van der Waals surface area contributed by atoms with Crippen molar-refractivity contribution in [3.05, 3.63) is 49.7 Å². The molecule has 1 atom stereocenters. The Labute approximate surface area is 136 Å². The standard InChI is InChI=1S/C15H14ClNO4S/c1-9-6-11(7-14(18)20-9)21-10-4-5-17(8-10)15(19)12-2-3-13(16)22-12/h2-3,6-7,10H,4-5,8H2,1H3/t10-/m1/s1. The van der Waals surface area contributed by atoms with Crippen molar-refractivity contribution < 1.29 is 13.9 Å². The molecular weight excluding hydrogens is 326 g/mol. The maximum atomic E-state index is 12.3. The summed E-state index contributed by atoms with van der Waals surface area (Å²) in [5.74, 6) is 0.945. The van der Waals surface area contributed by atoms with Crippen LogP contribution in [-0.2, 0) is 0 Å². The van der Waals surface area contributed by atoms with Crippen LogP contribution in [0.4, 0.5) is 0 Å². The summed E-state index contributed by atoms with van der Waals surface area (Å²) in [5, 5.41) is 0. The van der Waals surface area contributed by atoms with Crippen LogP contribution < -0.4 is 10.4 Å². The third-order valence-electron chi connectivity index (χ3n) is 3.39. The van der Waals surface area contributed by atoms with E-state index >= 15 is 0 Å². The van der Waals surface area contributed by atoms with E-state index in [1.54, 1.807) is 30.0 Å². The SMILES string of the molecule is Cc1cc(O[C@@H]2CCN(C(=O)c3ccc(Cl)s3)C2)cc(=O)o1. The van der Waals surface area contributed by atoms with Gasteiger partial charge in [0, 0.05) is 19.0 Å². The summed E-state index contributed by atoms with van der Waals surface area (Å²) in [6.45, 7) is 2.81. The Morgan fingerprint density at radius 2 is 2.27 bits per heavy atom. The van der Waals surface area contributed by atoms with E-state index in [0.29, 0.717) is 33.8 Å². The molecular formula is C15H14ClNO4S. The van der Waals surface area contributed by atoms with Gasteiger partial charge in [-0.2, -0.15) is 0 Å². The van der Waals surface area contributed by atoms with Crippen molar-refractivity contribution in [2.45, 2.75) is 19.4 Å². The van der Waals surface area contributed by atoms with Gasteiger partial charge in [0.15, 0.2) is 0 Å². The Kier molecular flexibility index (Phi) is 4.22. The lowest BCUT2D eigenvalue weighted by atomic mass is 10.3. The molecule has 22 heavy (non-hydrogen) atoms. The molecule has 3 rings (SSSR count). The van der Waals surface area contributed by atoms with Gasteiger partial charge in [0.2, 0.25) is 0 Å². The molecule has 0 spiro atoms. The summed E-state index contributed by atoms with van der Waals surface area (Å²) < 4.78 is 11.3. The summed E-state index contributed by atoms with van der Waals surface area (Å²) in [6.07, 6.45) is 0.602. The van der Waals surface area contributed by atoms with E-state index in [9.17, 15) is 9.59 Å². The molecule has 0 unspecified atom stereocenters. The zero-order chi connectivity index (χ0) is 15.7. The molecule has 1 saturated heterocycles. The number of likely N-dealkylation sites (tertiary alicyclic amines) is 1. The van der Waals surface area contributed by atoms with Crippen LogP contribution in [0, 0.1) is 6.92 Å². The molecule has 0 bridgehead atoms. The average Bonchev–Trinajstić information content (AvgIpc) is 3.06. The largest absolute Gasteiger partial charge is 0.488 e. The number of halogens is 1. The third kappa shape index (κ3) is 3.34. The molecule has 0 saturated carbocycles. The molecule has 0 aliphatic carbocycles. The van der Waals surface area contributed by atoms with Gasteiger partial charge in [0.25, 0.3) is 5.91 Å². The van der Waals surface area contributed by atoms with Gasteiger partial charge < -0.3 is 14.1 Å². The molecule has 1 amide bonds. The van der Waals surface area contributed by atoms with E-state index in [1.807, 2.05) is 0 Å². The topological polar surface area (TPSA) is 59.8 Å². The van der Waals surface area contributed by atoms with E-state index in [0.717, 1.165) is 6.42 Å². The van der Waals surface area contributed by atoms with Crippen molar-refractivity contribution in [3.63, 3.8) is 0 Å². The fraction of sp³-hybridized carbons (Fsp3) is 0.333. The van der Waals surface area contributed by atoms with Crippen LogP contribution in [0.5, 0.6) is 5.75 Å². The number of carbonyl (C=O) groups is 1. The van der Waals surface area contributed by atoms with Crippen molar-refractivity contribution in [2.75, 3.05) is 13.1 Å². The molecule has 1 fully saturated rings. The lowest BCUT2D eigenvalue weighted by Gasteiger charge is -2.16. The van der Waals surface area contributed by atoms with Gasteiger partial charge >= 0.3 is 5.63 Å². The Morgan fingerprint density at radius 3 is 2.95 bits per heavy atom. The molecule has 1 aliphatic rings. The summed E-state index contributed by atoms with van der Waals surface area (Å²) >= 11 is 7.13. The summed E-state index contributed by atoms with van der Waals surface area (Å²) in [5.41, 5.74) is -0.436. The van der Waals surface area contributed by atoms with Crippen LogP contribution in [0.15, 0.2) is 33.5 Å². The highest BCUT2D eigenvalue weighted by atomic mass is 35.5. The minimum Gasteiger partial charge on any atom is -0.488 e. The molecule has 0 aromatic carbocycles. The predicted molar refractivity (Wildman–Crippen MR) is 84.0 cm³/mol. The number of thiophene rings is 1. The lowest BCUT2D eigenvalue weighted by molar-refractivity contribution is 0.0777. The van der Waals surface area contributed by atoms with Crippen molar-refractivity contribution in [1.29, 1.82) is 0 Å². The Bertz CT molecular complexity index is 754. The van der Waals surface area contributed by atoms with Gasteiger partial charge in [-0.1, -0.05) is 11.6 Å². The van der Waals surface area contributed by atoms with Crippen LogP contribution in [0.1, 0.15) is 21.9 Å². The number of amides is 1. The first kappa shape index (κ1) is 15.1. The maximum absolute atomic E-state index is 12.3. The van der Waals surface area contributed by atoms with Crippen molar-refractivity contribution in [3.8, 4) is 5.75 Å². The molecule has 2 aromatic rings. The summed E-state index contributed by atoms with van der Waals surface area (Å²) in [4.78, 5) is 26.0. The molecule has 1 aliphatic heterocycles. The maximum Gasteiger partial charge on any atom is 0.339 e. The van der Waals surface area contributed by atoms with Crippen molar-refractivity contribution in [2.24, 2.45) is 0 Å². The first-order chi connectivity index (χ1) is 10.5. The highest BCUT2D eigenvalue weighted by Gasteiger charge is 2.29. The zero-order valence-electron chi connectivity index (χ0n) is 11.9. The molecule has 5 nitrogen and oxygen atoms in total. The highest BCUT2D eigenvalue weighted by molar-refractivity contribution is 7.17.